The first-order valence-electron chi connectivity index (χ1n) is 5.26. The Hall–Kier alpha value is -1.41. The van der Waals surface area contributed by atoms with E-state index in [9.17, 15) is 0 Å². The molecule has 2 heteroatoms. The summed E-state index contributed by atoms with van der Waals surface area (Å²) in [7, 11) is 0. The second-order valence-corrected chi connectivity index (χ2v) is 4.16. The number of rotatable bonds is 2. The van der Waals surface area contributed by atoms with Gasteiger partial charge in [0.2, 0.25) is 0 Å². The maximum absolute atomic E-state index is 5.79. The van der Waals surface area contributed by atoms with Gasteiger partial charge in [-0.3, -0.25) is 4.98 Å². The molecule has 0 spiro atoms. The Labute approximate surface area is 90.1 Å². The van der Waals surface area contributed by atoms with Crippen LogP contribution in [0.25, 0.3) is 10.9 Å². The van der Waals surface area contributed by atoms with Crippen molar-refractivity contribution in [2.45, 2.75) is 26.3 Å². The molecule has 0 bridgehead atoms. The molecule has 0 aliphatic heterocycles. The Morgan fingerprint density at radius 3 is 2.87 bits per heavy atom. The fourth-order valence-electron chi connectivity index (χ4n) is 1.83. The van der Waals surface area contributed by atoms with Gasteiger partial charge in [-0.05, 0) is 49.6 Å². The zero-order valence-corrected chi connectivity index (χ0v) is 9.20. The first-order chi connectivity index (χ1) is 7.16. The van der Waals surface area contributed by atoms with Gasteiger partial charge in [0.05, 0.1) is 5.52 Å². The summed E-state index contributed by atoms with van der Waals surface area (Å²) >= 11 is 0. The van der Waals surface area contributed by atoms with E-state index in [1.165, 1.54) is 16.5 Å². The fraction of sp³-hybridized carbons (Fsp3) is 0.308. The van der Waals surface area contributed by atoms with Crippen LogP contribution in [0.5, 0.6) is 0 Å². The second-order valence-electron chi connectivity index (χ2n) is 4.16. The molecule has 0 saturated heterocycles. The van der Waals surface area contributed by atoms with Crippen LogP contribution in [0.15, 0.2) is 30.5 Å². The number of aryl methyl sites for hydroxylation is 1. The van der Waals surface area contributed by atoms with Crippen molar-refractivity contribution in [2.75, 3.05) is 0 Å². The van der Waals surface area contributed by atoms with Gasteiger partial charge in [-0.2, -0.15) is 0 Å². The summed E-state index contributed by atoms with van der Waals surface area (Å²) in [5, 5.41) is 1.23. The largest absolute Gasteiger partial charge is 0.328 e. The molecular weight excluding hydrogens is 184 g/mol. The van der Waals surface area contributed by atoms with Gasteiger partial charge in [0.15, 0.2) is 0 Å². The average molecular weight is 200 g/mol. The molecular formula is C13H16N2. The molecule has 0 radical (unpaired) electrons. The number of benzene rings is 1. The molecule has 2 nitrogen and oxygen atoms in total. The molecule has 0 aliphatic carbocycles. The zero-order chi connectivity index (χ0) is 10.8. The van der Waals surface area contributed by atoms with Gasteiger partial charge >= 0.3 is 0 Å². The quantitative estimate of drug-likeness (QED) is 0.808. The third kappa shape index (κ3) is 2.16. The molecule has 0 saturated carbocycles. The first-order valence-corrected chi connectivity index (χ1v) is 5.26. The van der Waals surface area contributed by atoms with E-state index in [1.54, 1.807) is 0 Å². The smallest absolute Gasteiger partial charge is 0.0704 e. The molecule has 0 fully saturated rings. The Kier molecular flexibility index (Phi) is 2.69. The fourth-order valence-corrected chi connectivity index (χ4v) is 1.83. The summed E-state index contributed by atoms with van der Waals surface area (Å²) in [6.07, 6.45) is 2.77. The normalized spacial score (nSPS) is 13.0. The number of fused-ring (bicyclic) bond motifs is 1. The number of nitrogens with zero attached hydrogens (tertiary/aromatic N) is 1. The summed E-state index contributed by atoms with van der Waals surface area (Å²) in [6.45, 7) is 4.14. The molecule has 1 aromatic heterocycles. The SMILES string of the molecule is Cc1ccnc2ccc(CC(C)N)cc12. The maximum Gasteiger partial charge on any atom is 0.0704 e. The molecule has 78 valence electrons. The minimum Gasteiger partial charge on any atom is -0.328 e. The summed E-state index contributed by atoms with van der Waals surface area (Å²) in [5.74, 6) is 0. The van der Waals surface area contributed by atoms with Crippen molar-refractivity contribution < 1.29 is 0 Å². The monoisotopic (exact) mass is 200 g/mol. The molecule has 1 aromatic carbocycles. The Bertz CT molecular complexity index is 475. The Morgan fingerprint density at radius 1 is 1.33 bits per heavy atom. The first kappa shape index (κ1) is 10.1. The molecule has 2 N–H and O–H groups in total. The molecule has 1 atom stereocenters. The van der Waals surface area contributed by atoms with Crippen molar-refractivity contribution in [3.63, 3.8) is 0 Å². The Morgan fingerprint density at radius 2 is 2.13 bits per heavy atom. The maximum atomic E-state index is 5.79. The van der Waals surface area contributed by atoms with E-state index in [0.29, 0.717) is 0 Å². The average Bonchev–Trinajstić information content (AvgIpc) is 2.18. The molecule has 2 aromatic rings. The standard InChI is InChI=1S/C13H16N2/c1-9-5-6-15-13-4-3-11(7-10(2)14)8-12(9)13/h3-6,8,10H,7,14H2,1-2H3. The van der Waals surface area contributed by atoms with Gasteiger partial charge in [-0.15, -0.1) is 0 Å². The van der Waals surface area contributed by atoms with Crippen LogP contribution >= 0.6 is 0 Å². The van der Waals surface area contributed by atoms with Gasteiger partial charge in [0.25, 0.3) is 0 Å². The number of aromatic nitrogens is 1. The van der Waals surface area contributed by atoms with E-state index in [2.05, 4.69) is 30.1 Å². The molecule has 15 heavy (non-hydrogen) atoms. The van der Waals surface area contributed by atoms with Crippen LogP contribution < -0.4 is 5.73 Å². The van der Waals surface area contributed by atoms with Crippen LogP contribution in [-0.2, 0) is 6.42 Å². The minimum atomic E-state index is 0.208. The van der Waals surface area contributed by atoms with Crippen molar-refractivity contribution in [1.82, 2.24) is 4.98 Å². The minimum absolute atomic E-state index is 0.208. The van der Waals surface area contributed by atoms with Crippen LogP contribution in [0, 0.1) is 6.92 Å². The summed E-state index contributed by atoms with van der Waals surface area (Å²) in [6, 6.07) is 8.62. The highest BCUT2D eigenvalue weighted by Crippen LogP contribution is 2.18. The van der Waals surface area contributed by atoms with E-state index >= 15 is 0 Å². The third-order valence-electron chi connectivity index (χ3n) is 2.58. The van der Waals surface area contributed by atoms with Crippen LogP contribution in [-0.4, -0.2) is 11.0 Å². The van der Waals surface area contributed by atoms with Crippen LogP contribution in [0.4, 0.5) is 0 Å². The number of hydrogen-bond donors (Lipinski definition) is 1. The summed E-state index contributed by atoms with van der Waals surface area (Å²) in [5.41, 5.74) is 9.41. The Balaban J connectivity index is 2.50. The van der Waals surface area contributed by atoms with E-state index in [0.717, 1.165) is 11.9 Å². The van der Waals surface area contributed by atoms with E-state index in [4.69, 9.17) is 5.73 Å². The van der Waals surface area contributed by atoms with E-state index in [-0.39, 0.29) is 6.04 Å². The summed E-state index contributed by atoms with van der Waals surface area (Å²) in [4.78, 5) is 4.33. The second kappa shape index (κ2) is 3.99. The molecule has 0 aliphatic rings. The van der Waals surface area contributed by atoms with Crippen molar-refractivity contribution in [3.8, 4) is 0 Å². The predicted molar refractivity (Wildman–Crippen MR) is 63.8 cm³/mol. The van der Waals surface area contributed by atoms with Crippen LogP contribution in [0.2, 0.25) is 0 Å². The number of hydrogen-bond acceptors (Lipinski definition) is 2. The van der Waals surface area contributed by atoms with Crippen molar-refractivity contribution in [1.29, 1.82) is 0 Å². The number of nitrogens with two attached hydrogens (primary N) is 1. The van der Waals surface area contributed by atoms with Crippen molar-refractivity contribution in [3.05, 3.63) is 41.6 Å². The number of pyridine rings is 1. The molecule has 0 amide bonds. The highest BCUT2D eigenvalue weighted by atomic mass is 14.6. The third-order valence-corrected chi connectivity index (χ3v) is 2.58. The van der Waals surface area contributed by atoms with E-state index in [1.807, 2.05) is 19.2 Å². The molecule has 2 rings (SSSR count). The van der Waals surface area contributed by atoms with Crippen molar-refractivity contribution in [2.24, 2.45) is 5.73 Å². The van der Waals surface area contributed by atoms with Gasteiger partial charge in [0, 0.05) is 17.6 Å². The van der Waals surface area contributed by atoms with Gasteiger partial charge in [-0.25, -0.2) is 0 Å². The lowest BCUT2D eigenvalue weighted by molar-refractivity contribution is 0.739. The molecule has 1 unspecified atom stereocenters. The summed E-state index contributed by atoms with van der Waals surface area (Å²) < 4.78 is 0. The van der Waals surface area contributed by atoms with Crippen LogP contribution in [0.1, 0.15) is 18.1 Å². The topological polar surface area (TPSA) is 38.9 Å². The zero-order valence-electron chi connectivity index (χ0n) is 9.20. The van der Waals surface area contributed by atoms with Gasteiger partial charge in [-0.1, -0.05) is 6.07 Å². The predicted octanol–water partition coefficient (Wildman–Crippen LogP) is 2.43. The highest BCUT2D eigenvalue weighted by molar-refractivity contribution is 5.82. The van der Waals surface area contributed by atoms with E-state index < -0.39 is 0 Å². The lowest BCUT2D eigenvalue weighted by atomic mass is 10.0. The molecule has 1 heterocycles. The highest BCUT2D eigenvalue weighted by Gasteiger charge is 2.02. The van der Waals surface area contributed by atoms with Crippen LogP contribution in [0.3, 0.4) is 0 Å². The lowest BCUT2D eigenvalue weighted by Crippen LogP contribution is -2.17. The van der Waals surface area contributed by atoms with Crippen molar-refractivity contribution >= 4 is 10.9 Å². The lowest BCUT2D eigenvalue weighted by Gasteiger charge is -2.07. The van der Waals surface area contributed by atoms with Gasteiger partial charge < -0.3 is 5.73 Å². The van der Waals surface area contributed by atoms with Gasteiger partial charge in [0.1, 0.15) is 0 Å².